The van der Waals surface area contributed by atoms with Gasteiger partial charge >= 0.3 is 0 Å². The lowest BCUT2D eigenvalue weighted by Crippen LogP contribution is -2.36. The van der Waals surface area contributed by atoms with Crippen LogP contribution in [0.4, 0.5) is 5.69 Å². The smallest absolute Gasteiger partial charge is 0.280 e. The Morgan fingerprint density at radius 2 is 2.21 bits per heavy atom. The number of anilines is 1. The van der Waals surface area contributed by atoms with Gasteiger partial charge in [0.2, 0.25) is 0 Å². The zero-order valence-corrected chi connectivity index (χ0v) is 14.3. The van der Waals surface area contributed by atoms with Gasteiger partial charge in [-0.3, -0.25) is 4.79 Å². The number of fused-ring (bicyclic) bond motifs is 1. The second kappa shape index (κ2) is 6.20. The van der Waals surface area contributed by atoms with Gasteiger partial charge in [-0.05, 0) is 42.3 Å². The highest BCUT2D eigenvalue weighted by atomic mass is 32.1. The molecule has 0 spiro atoms. The van der Waals surface area contributed by atoms with E-state index in [1.54, 1.807) is 22.2 Å². The Hall–Kier alpha value is -2.47. The van der Waals surface area contributed by atoms with Gasteiger partial charge in [0.25, 0.3) is 5.91 Å². The van der Waals surface area contributed by atoms with Crippen LogP contribution in [0.25, 0.3) is 0 Å². The molecule has 1 aromatic carbocycles. The van der Waals surface area contributed by atoms with Gasteiger partial charge in [-0.2, -0.15) is 0 Å². The van der Waals surface area contributed by atoms with E-state index >= 15 is 0 Å². The topological polar surface area (TPSA) is 51.0 Å². The molecule has 1 aliphatic heterocycles. The Labute approximate surface area is 144 Å². The van der Waals surface area contributed by atoms with Crippen LogP contribution >= 0.6 is 11.3 Å². The second-order valence-corrected chi connectivity index (χ2v) is 7.06. The summed E-state index contributed by atoms with van der Waals surface area (Å²) in [7, 11) is 0. The number of nitrogens with zero attached hydrogens (tertiary/aromatic N) is 4. The van der Waals surface area contributed by atoms with E-state index in [0.29, 0.717) is 12.2 Å². The summed E-state index contributed by atoms with van der Waals surface area (Å²) in [6, 6.07) is 10.3. The van der Waals surface area contributed by atoms with Gasteiger partial charge in [-0.25, -0.2) is 4.68 Å². The first kappa shape index (κ1) is 15.1. The minimum Gasteiger partial charge on any atom is -0.306 e. The van der Waals surface area contributed by atoms with E-state index in [0.717, 1.165) is 30.6 Å². The van der Waals surface area contributed by atoms with Gasteiger partial charge in [0.05, 0.1) is 18.4 Å². The van der Waals surface area contributed by atoms with Gasteiger partial charge in [0.1, 0.15) is 0 Å². The van der Waals surface area contributed by atoms with Gasteiger partial charge in [-0.1, -0.05) is 29.5 Å². The summed E-state index contributed by atoms with van der Waals surface area (Å²) in [6.45, 7) is 3.43. The van der Waals surface area contributed by atoms with Crippen molar-refractivity contribution in [3.05, 3.63) is 63.6 Å². The quantitative estimate of drug-likeness (QED) is 0.736. The number of hydrogen-bond acceptors (Lipinski definition) is 4. The number of carbonyl (C=O) groups excluding carboxylic acids is 1. The minimum absolute atomic E-state index is 0.0670. The van der Waals surface area contributed by atoms with E-state index in [4.69, 9.17) is 0 Å². The van der Waals surface area contributed by atoms with Crippen molar-refractivity contribution in [2.75, 3.05) is 11.4 Å². The highest BCUT2D eigenvalue weighted by Gasteiger charge is 2.26. The first-order valence-corrected chi connectivity index (χ1v) is 8.93. The molecule has 1 aliphatic rings. The Balaban J connectivity index is 1.60. The first-order chi connectivity index (χ1) is 11.7. The van der Waals surface area contributed by atoms with Crippen LogP contribution in [-0.4, -0.2) is 27.4 Å². The molecule has 4 rings (SSSR count). The van der Waals surface area contributed by atoms with Crippen molar-refractivity contribution in [1.82, 2.24) is 15.0 Å². The fourth-order valence-electron chi connectivity index (χ4n) is 3.22. The number of aromatic nitrogens is 3. The van der Waals surface area contributed by atoms with Gasteiger partial charge in [0, 0.05) is 11.4 Å². The maximum Gasteiger partial charge on any atom is 0.280 e. The van der Waals surface area contributed by atoms with Crippen LogP contribution < -0.4 is 4.90 Å². The van der Waals surface area contributed by atoms with Crippen molar-refractivity contribution in [1.29, 1.82) is 0 Å². The molecular formula is C18H18N4OS. The molecular weight excluding hydrogens is 320 g/mol. The average molecular weight is 338 g/mol. The van der Waals surface area contributed by atoms with Crippen molar-refractivity contribution in [3.63, 3.8) is 0 Å². The lowest BCUT2D eigenvalue weighted by molar-refractivity contribution is 0.0980. The molecule has 0 saturated carbocycles. The molecule has 5 nitrogen and oxygen atoms in total. The van der Waals surface area contributed by atoms with E-state index in [1.165, 1.54) is 10.4 Å². The zero-order chi connectivity index (χ0) is 16.5. The molecule has 0 fully saturated rings. The number of carbonyl (C=O) groups is 1. The molecule has 0 N–H and O–H groups in total. The number of benzene rings is 1. The third-order valence-corrected chi connectivity index (χ3v) is 5.18. The molecule has 0 atom stereocenters. The lowest BCUT2D eigenvalue weighted by atomic mass is 9.98. The largest absolute Gasteiger partial charge is 0.306 e. The third-order valence-electron chi connectivity index (χ3n) is 4.32. The maximum atomic E-state index is 12.9. The maximum absolute atomic E-state index is 12.9. The van der Waals surface area contributed by atoms with E-state index in [1.807, 2.05) is 16.3 Å². The molecule has 2 aromatic heterocycles. The van der Waals surface area contributed by atoms with Crippen LogP contribution in [0, 0.1) is 6.92 Å². The molecule has 0 aliphatic carbocycles. The van der Waals surface area contributed by atoms with Gasteiger partial charge < -0.3 is 4.90 Å². The standard InChI is InChI=1S/C18H18N4OS/c1-13-5-2-6-14-7-3-9-22(17(13)14)18(23)16-12-21(20-19-16)11-15-8-4-10-24-15/h2,4-6,8,10,12H,3,7,9,11H2,1H3. The van der Waals surface area contributed by atoms with E-state index in [9.17, 15) is 4.79 Å². The summed E-state index contributed by atoms with van der Waals surface area (Å²) in [5.74, 6) is -0.0670. The van der Waals surface area contributed by atoms with Crippen LogP contribution in [0.1, 0.15) is 32.9 Å². The third kappa shape index (κ3) is 2.73. The molecule has 122 valence electrons. The highest BCUT2D eigenvalue weighted by Crippen LogP contribution is 2.31. The summed E-state index contributed by atoms with van der Waals surface area (Å²) in [5.41, 5.74) is 3.82. The Kier molecular flexibility index (Phi) is 3.90. The zero-order valence-electron chi connectivity index (χ0n) is 13.5. The molecule has 3 heterocycles. The lowest BCUT2D eigenvalue weighted by Gasteiger charge is -2.30. The monoisotopic (exact) mass is 338 g/mol. The van der Waals surface area contributed by atoms with Crippen molar-refractivity contribution in [2.45, 2.75) is 26.3 Å². The number of aryl methyl sites for hydroxylation is 2. The van der Waals surface area contributed by atoms with E-state index in [2.05, 4.69) is 41.5 Å². The molecule has 0 bridgehead atoms. The summed E-state index contributed by atoms with van der Waals surface area (Å²) >= 11 is 1.67. The Morgan fingerprint density at radius 1 is 1.29 bits per heavy atom. The number of thiophene rings is 1. The molecule has 3 aromatic rings. The van der Waals surface area contributed by atoms with Crippen molar-refractivity contribution in [2.24, 2.45) is 0 Å². The Morgan fingerprint density at radius 3 is 3.04 bits per heavy atom. The van der Waals surface area contributed by atoms with Crippen LogP contribution in [0.5, 0.6) is 0 Å². The average Bonchev–Trinajstić information content (AvgIpc) is 3.26. The summed E-state index contributed by atoms with van der Waals surface area (Å²) in [6.07, 6.45) is 3.74. The van der Waals surface area contributed by atoms with Crippen LogP contribution in [0.3, 0.4) is 0 Å². The summed E-state index contributed by atoms with van der Waals surface area (Å²) in [5, 5.41) is 10.2. The number of rotatable bonds is 3. The van der Waals surface area contributed by atoms with Crippen LogP contribution in [0.15, 0.2) is 41.9 Å². The van der Waals surface area contributed by atoms with E-state index in [-0.39, 0.29) is 5.91 Å². The fourth-order valence-corrected chi connectivity index (χ4v) is 3.92. The molecule has 0 saturated heterocycles. The molecule has 24 heavy (non-hydrogen) atoms. The predicted octanol–water partition coefficient (Wildman–Crippen LogP) is 3.29. The second-order valence-electron chi connectivity index (χ2n) is 6.02. The van der Waals surface area contributed by atoms with Crippen molar-refractivity contribution < 1.29 is 4.79 Å². The van der Waals surface area contributed by atoms with Crippen LogP contribution in [-0.2, 0) is 13.0 Å². The minimum atomic E-state index is -0.0670. The predicted molar refractivity (Wildman–Crippen MR) is 94.6 cm³/mol. The Bertz CT molecular complexity index is 869. The normalized spacial score (nSPS) is 13.8. The molecule has 0 unspecified atom stereocenters. The van der Waals surface area contributed by atoms with Crippen LogP contribution in [0.2, 0.25) is 0 Å². The van der Waals surface area contributed by atoms with Gasteiger partial charge in [-0.15, -0.1) is 16.4 Å². The van der Waals surface area contributed by atoms with Crippen molar-refractivity contribution >= 4 is 22.9 Å². The summed E-state index contributed by atoms with van der Waals surface area (Å²) < 4.78 is 1.72. The molecule has 0 radical (unpaired) electrons. The van der Waals surface area contributed by atoms with Gasteiger partial charge in [0.15, 0.2) is 5.69 Å². The SMILES string of the molecule is Cc1cccc2c1N(C(=O)c1cn(Cc3cccs3)nn1)CCC2. The number of amides is 1. The first-order valence-electron chi connectivity index (χ1n) is 8.05. The fraction of sp³-hybridized carbons (Fsp3) is 0.278. The highest BCUT2D eigenvalue weighted by molar-refractivity contribution is 7.09. The summed E-state index contributed by atoms with van der Waals surface area (Å²) in [4.78, 5) is 16.0. The number of hydrogen-bond donors (Lipinski definition) is 0. The molecule has 6 heteroatoms. The molecule has 1 amide bonds. The number of para-hydroxylation sites is 1. The van der Waals surface area contributed by atoms with Crippen molar-refractivity contribution in [3.8, 4) is 0 Å². The van der Waals surface area contributed by atoms with E-state index < -0.39 is 0 Å².